The lowest BCUT2D eigenvalue weighted by Crippen LogP contribution is -2.33. The highest BCUT2D eigenvalue weighted by atomic mass is 32.1. The average Bonchev–Trinajstić information content (AvgIpc) is 2.90. The first kappa shape index (κ1) is 9.54. The molecule has 1 aliphatic rings. The first-order valence-corrected chi connectivity index (χ1v) is 5.24. The molecule has 1 aliphatic carbocycles. The Kier molecular flexibility index (Phi) is 2.74. The van der Waals surface area contributed by atoms with Crippen molar-refractivity contribution in [2.24, 2.45) is 5.92 Å². The second kappa shape index (κ2) is 4.02. The predicted octanol–water partition coefficient (Wildman–Crippen LogP) is 0.0388. The van der Waals surface area contributed by atoms with Gasteiger partial charge in [0.2, 0.25) is 0 Å². The molecule has 1 aromatic rings. The number of aliphatic hydroxyl groups excluding tert-OH is 1. The van der Waals surface area contributed by atoms with E-state index in [9.17, 15) is 9.90 Å². The Morgan fingerprint density at radius 2 is 2.57 bits per heavy atom. The summed E-state index contributed by atoms with van der Waals surface area (Å²) in [6.45, 7) is 0.307. The topological polar surface area (TPSA) is 75.1 Å². The number of amides is 1. The van der Waals surface area contributed by atoms with Gasteiger partial charge in [-0.1, -0.05) is 0 Å². The van der Waals surface area contributed by atoms with Gasteiger partial charge in [0, 0.05) is 6.54 Å². The molecule has 6 heteroatoms. The van der Waals surface area contributed by atoms with Gasteiger partial charge in [-0.2, -0.15) is 8.75 Å². The minimum Gasteiger partial charge on any atom is -0.391 e. The quantitative estimate of drug-likeness (QED) is 0.740. The highest BCUT2D eigenvalue weighted by Crippen LogP contribution is 2.32. The van der Waals surface area contributed by atoms with E-state index in [0.29, 0.717) is 18.2 Å². The largest absolute Gasteiger partial charge is 0.391 e. The van der Waals surface area contributed by atoms with E-state index in [2.05, 4.69) is 14.1 Å². The molecule has 1 heterocycles. The molecule has 0 spiro atoms. The van der Waals surface area contributed by atoms with Crippen LogP contribution in [0.5, 0.6) is 0 Å². The highest BCUT2D eigenvalue weighted by Gasteiger charge is 2.29. The molecule has 0 bridgehead atoms. The smallest absolute Gasteiger partial charge is 0.272 e. The highest BCUT2D eigenvalue weighted by molar-refractivity contribution is 6.99. The van der Waals surface area contributed by atoms with Crippen molar-refractivity contribution in [3.8, 4) is 0 Å². The van der Waals surface area contributed by atoms with Crippen LogP contribution in [-0.2, 0) is 0 Å². The fourth-order valence-corrected chi connectivity index (χ4v) is 1.61. The maximum Gasteiger partial charge on any atom is 0.272 e. The van der Waals surface area contributed by atoms with E-state index in [1.165, 1.54) is 6.20 Å². The summed E-state index contributed by atoms with van der Waals surface area (Å²) >= 11 is 0.997. The normalized spacial score (nSPS) is 17.8. The molecule has 1 amide bonds. The molecular weight excluding hydrogens is 202 g/mol. The first-order valence-electron chi connectivity index (χ1n) is 4.51. The molecule has 14 heavy (non-hydrogen) atoms. The molecule has 1 unspecified atom stereocenters. The van der Waals surface area contributed by atoms with Gasteiger partial charge in [-0.25, -0.2) is 0 Å². The molecule has 2 N–H and O–H groups in total. The van der Waals surface area contributed by atoms with Crippen LogP contribution in [0.15, 0.2) is 6.20 Å². The van der Waals surface area contributed by atoms with E-state index >= 15 is 0 Å². The van der Waals surface area contributed by atoms with Crippen molar-refractivity contribution in [3.63, 3.8) is 0 Å². The number of rotatable bonds is 4. The number of nitrogens with one attached hydrogen (secondary N) is 1. The fourth-order valence-electron chi connectivity index (χ4n) is 1.20. The van der Waals surface area contributed by atoms with E-state index in [4.69, 9.17) is 0 Å². The third-order valence-electron chi connectivity index (χ3n) is 2.23. The van der Waals surface area contributed by atoms with Crippen molar-refractivity contribution in [2.45, 2.75) is 18.9 Å². The number of hydrogen-bond acceptors (Lipinski definition) is 5. The minimum absolute atomic E-state index is 0.265. The minimum atomic E-state index is -0.412. The first-order chi connectivity index (χ1) is 6.77. The SMILES string of the molecule is O=C(NCC(O)C1CC1)c1cnsn1. The van der Waals surface area contributed by atoms with E-state index in [1.807, 2.05) is 0 Å². The van der Waals surface area contributed by atoms with Gasteiger partial charge in [0.1, 0.15) is 0 Å². The maximum absolute atomic E-state index is 11.3. The van der Waals surface area contributed by atoms with Gasteiger partial charge in [-0.3, -0.25) is 4.79 Å². The Bertz CT molecular complexity index is 310. The zero-order valence-electron chi connectivity index (χ0n) is 7.51. The predicted molar refractivity (Wildman–Crippen MR) is 51.0 cm³/mol. The van der Waals surface area contributed by atoms with E-state index in [0.717, 1.165) is 24.6 Å². The van der Waals surface area contributed by atoms with Crippen LogP contribution >= 0.6 is 11.7 Å². The van der Waals surface area contributed by atoms with Crippen molar-refractivity contribution >= 4 is 17.6 Å². The second-order valence-corrected chi connectivity index (χ2v) is 3.96. The van der Waals surface area contributed by atoms with Crippen LogP contribution in [-0.4, -0.2) is 32.4 Å². The Morgan fingerprint density at radius 1 is 1.79 bits per heavy atom. The van der Waals surface area contributed by atoms with Crippen molar-refractivity contribution < 1.29 is 9.90 Å². The molecule has 2 rings (SSSR count). The zero-order valence-corrected chi connectivity index (χ0v) is 8.33. The monoisotopic (exact) mass is 213 g/mol. The summed E-state index contributed by atoms with van der Waals surface area (Å²) in [5, 5.41) is 12.1. The molecule has 0 saturated heterocycles. The van der Waals surface area contributed by atoms with Crippen LogP contribution in [0.4, 0.5) is 0 Å². The molecular formula is C8H11N3O2S. The molecule has 1 fully saturated rings. The zero-order chi connectivity index (χ0) is 9.97. The third kappa shape index (κ3) is 2.27. The van der Waals surface area contributed by atoms with Gasteiger partial charge >= 0.3 is 0 Å². The Balaban J connectivity index is 1.77. The van der Waals surface area contributed by atoms with Crippen molar-refractivity contribution in [3.05, 3.63) is 11.9 Å². The summed E-state index contributed by atoms with van der Waals surface area (Å²) in [6.07, 6.45) is 3.14. The van der Waals surface area contributed by atoms with Crippen LogP contribution < -0.4 is 5.32 Å². The van der Waals surface area contributed by atoms with Crippen LogP contribution in [0.3, 0.4) is 0 Å². The Labute approximate surface area is 85.5 Å². The van der Waals surface area contributed by atoms with Crippen LogP contribution in [0.1, 0.15) is 23.3 Å². The van der Waals surface area contributed by atoms with Gasteiger partial charge < -0.3 is 10.4 Å². The van der Waals surface area contributed by atoms with Crippen molar-refractivity contribution in [2.75, 3.05) is 6.54 Å². The summed E-state index contributed by atoms with van der Waals surface area (Å²) in [6, 6.07) is 0. The molecule has 0 radical (unpaired) electrons. The lowest BCUT2D eigenvalue weighted by molar-refractivity contribution is 0.0897. The van der Waals surface area contributed by atoms with Gasteiger partial charge in [0.25, 0.3) is 5.91 Å². The molecule has 1 atom stereocenters. The van der Waals surface area contributed by atoms with E-state index in [1.54, 1.807) is 0 Å². The van der Waals surface area contributed by atoms with Crippen LogP contribution in [0.2, 0.25) is 0 Å². The number of aromatic nitrogens is 2. The molecule has 0 aromatic carbocycles. The van der Waals surface area contributed by atoms with Crippen LogP contribution in [0.25, 0.3) is 0 Å². The fraction of sp³-hybridized carbons (Fsp3) is 0.625. The second-order valence-electron chi connectivity index (χ2n) is 3.41. The Morgan fingerprint density at radius 3 is 3.14 bits per heavy atom. The van der Waals surface area contributed by atoms with E-state index < -0.39 is 6.10 Å². The number of aliphatic hydroxyl groups is 1. The molecule has 0 aliphatic heterocycles. The van der Waals surface area contributed by atoms with Crippen molar-refractivity contribution in [1.82, 2.24) is 14.1 Å². The van der Waals surface area contributed by atoms with E-state index in [-0.39, 0.29) is 5.91 Å². The lowest BCUT2D eigenvalue weighted by Gasteiger charge is -2.08. The summed E-state index contributed by atoms with van der Waals surface area (Å²) in [4.78, 5) is 11.3. The summed E-state index contributed by atoms with van der Waals surface area (Å²) in [5.41, 5.74) is 0.318. The molecule has 5 nitrogen and oxygen atoms in total. The van der Waals surface area contributed by atoms with Gasteiger partial charge in [-0.05, 0) is 18.8 Å². The summed E-state index contributed by atoms with van der Waals surface area (Å²) < 4.78 is 7.52. The third-order valence-corrected chi connectivity index (χ3v) is 2.71. The summed E-state index contributed by atoms with van der Waals surface area (Å²) in [7, 11) is 0. The number of carbonyl (C=O) groups is 1. The maximum atomic E-state index is 11.3. The van der Waals surface area contributed by atoms with Gasteiger partial charge in [0.05, 0.1) is 24.0 Å². The van der Waals surface area contributed by atoms with Gasteiger partial charge in [-0.15, -0.1) is 0 Å². The van der Waals surface area contributed by atoms with Gasteiger partial charge in [0.15, 0.2) is 5.69 Å². The average molecular weight is 213 g/mol. The molecule has 76 valence electrons. The van der Waals surface area contributed by atoms with Crippen molar-refractivity contribution in [1.29, 1.82) is 0 Å². The molecule has 1 saturated carbocycles. The Hall–Kier alpha value is -1.01. The summed E-state index contributed by atoms with van der Waals surface area (Å²) in [5.74, 6) is 0.113. The lowest BCUT2D eigenvalue weighted by atomic mass is 10.2. The van der Waals surface area contributed by atoms with Crippen LogP contribution in [0, 0.1) is 5.92 Å². The molecule has 1 aromatic heterocycles. The number of hydrogen-bond donors (Lipinski definition) is 2. The standard InChI is InChI=1S/C8H11N3O2S/c12-7(5-1-2-5)4-9-8(13)6-3-10-14-11-6/h3,5,7,12H,1-2,4H2,(H,9,13). The number of carbonyl (C=O) groups excluding carboxylic acids is 1. The number of nitrogens with zero attached hydrogens (tertiary/aromatic N) is 2.